The van der Waals surface area contributed by atoms with Gasteiger partial charge in [0.15, 0.2) is 0 Å². The van der Waals surface area contributed by atoms with Crippen molar-refractivity contribution in [1.82, 2.24) is 0 Å². The molecule has 0 fully saturated rings. The van der Waals surface area contributed by atoms with Crippen LogP contribution < -0.4 is 11.8 Å². The van der Waals surface area contributed by atoms with Crippen LogP contribution in [0.1, 0.15) is 6.92 Å². The minimum atomic E-state index is -0.833. The number of hydrogen-bond donors (Lipinski definition) is 5. The van der Waals surface area contributed by atoms with E-state index < -0.39 is 5.97 Å². The SMILES string of the molecule is CC(=O)O.NON.OCCO. The Bertz CT molecular complexity index is 63.5. The molecule has 0 rings (SSSR count). The summed E-state index contributed by atoms with van der Waals surface area (Å²) >= 11 is 0. The van der Waals surface area contributed by atoms with Crippen molar-refractivity contribution in [3.63, 3.8) is 0 Å². The summed E-state index contributed by atoms with van der Waals surface area (Å²) in [5.41, 5.74) is 0. The van der Waals surface area contributed by atoms with Crippen LogP contribution >= 0.6 is 0 Å². The summed E-state index contributed by atoms with van der Waals surface area (Å²) in [6.07, 6.45) is 0. The number of carboxylic acids is 1. The van der Waals surface area contributed by atoms with Gasteiger partial charge in [0.05, 0.1) is 13.2 Å². The predicted molar refractivity (Wildman–Crippen MR) is 36.9 cm³/mol. The molecule has 0 aliphatic heterocycles. The van der Waals surface area contributed by atoms with Crippen LogP contribution in [-0.4, -0.2) is 34.5 Å². The number of rotatable bonds is 1. The Kier molecular flexibility index (Phi) is 34.7. The first kappa shape index (κ1) is 16.7. The Labute approximate surface area is 64.1 Å². The van der Waals surface area contributed by atoms with Gasteiger partial charge in [-0.25, -0.2) is 4.94 Å². The largest absolute Gasteiger partial charge is 0.481 e. The van der Waals surface area contributed by atoms with Gasteiger partial charge in [-0.3, -0.25) is 4.79 Å². The molecule has 0 aromatic heterocycles. The average molecular weight is 170 g/mol. The quantitative estimate of drug-likeness (QED) is 0.282. The molecular weight excluding hydrogens is 156 g/mol. The fraction of sp³-hybridized carbons (Fsp3) is 0.750. The lowest BCUT2D eigenvalue weighted by Gasteiger charge is -1.70. The highest BCUT2D eigenvalue weighted by Gasteiger charge is 1.65. The zero-order valence-electron chi connectivity index (χ0n) is 6.23. The molecule has 0 heterocycles. The third-order valence-corrected chi connectivity index (χ3v) is 0.1000. The van der Waals surface area contributed by atoms with E-state index in [4.69, 9.17) is 20.1 Å². The first-order valence-electron chi connectivity index (χ1n) is 2.53. The Morgan fingerprint density at radius 2 is 1.45 bits per heavy atom. The van der Waals surface area contributed by atoms with E-state index in [1.54, 1.807) is 0 Å². The molecular formula is C4H14N2O5. The van der Waals surface area contributed by atoms with E-state index in [0.29, 0.717) is 0 Å². The first-order chi connectivity index (χ1) is 5.06. The van der Waals surface area contributed by atoms with Gasteiger partial charge in [-0.1, -0.05) is 0 Å². The Morgan fingerprint density at radius 1 is 1.36 bits per heavy atom. The lowest BCUT2D eigenvalue weighted by molar-refractivity contribution is -0.134. The first-order valence-corrected chi connectivity index (χ1v) is 2.53. The lowest BCUT2D eigenvalue weighted by atomic mass is 10.8. The van der Waals surface area contributed by atoms with Gasteiger partial charge in [-0.05, 0) is 0 Å². The second-order valence-electron chi connectivity index (χ2n) is 1.10. The van der Waals surface area contributed by atoms with E-state index in [1.165, 1.54) is 0 Å². The monoisotopic (exact) mass is 170 g/mol. The van der Waals surface area contributed by atoms with Crippen LogP contribution in [0.2, 0.25) is 0 Å². The molecule has 0 saturated carbocycles. The van der Waals surface area contributed by atoms with Crippen molar-refractivity contribution in [3.8, 4) is 0 Å². The minimum absolute atomic E-state index is 0.125. The van der Waals surface area contributed by atoms with Crippen LogP contribution in [0.25, 0.3) is 0 Å². The molecule has 11 heavy (non-hydrogen) atoms. The Balaban J connectivity index is -0.0000000886. The van der Waals surface area contributed by atoms with Crippen LogP contribution in [0, 0.1) is 0 Å². The molecule has 0 spiro atoms. The van der Waals surface area contributed by atoms with Crippen molar-refractivity contribution in [1.29, 1.82) is 0 Å². The summed E-state index contributed by atoms with van der Waals surface area (Å²) in [6, 6.07) is 0. The van der Waals surface area contributed by atoms with Gasteiger partial charge in [-0.15, -0.1) is 0 Å². The normalized spacial score (nSPS) is 6.64. The molecule has 7 nitrogen and oxygen atoms in total. The number of hydrogen-bond acceptors (Lipinski definition) is 6. The molecule has 0 aromatic carbocycles. The molecule has 0 aromatic rings. The number of carboxylic acid groups (broad SMARTS) is 1. The predicted octanol–water partition coefficient (Wildman–Crippen LogP) is -2.19. The van der Waals surface area contributed by atoms with Crippen molar-refractivity contribution >= 4 is 5.97 Å². The molecule has 0 aliphatic carbocycles. The van der Waals surface area contributed by atoms with Crippen molar-refractivity contribution in [3.05, 3.63) is 0 Å². The Morgan fingerprint density at radius 3 is 1.45 bits per heavy atom. The highest BCUT2D eigenvalue weighted by molar-refractivity contribution is 5.62. The number of aliphatic hydroxyl groups is 2. The van der Waals surface area contributed by atoms with Gasteiger partial charge in [-0.2, -0.15) is 11.8 Å². The summed E-state index contributed by atoms with van der Waals surface area (Å²) in [6.45, 7) is 0.833. The molecule has 0 bridgehead atoms. The fourth-order valence-corrected chi connectivity index (χ4v) is 0. The zero-order chi connectivity index (χ0) is 9.70. The molecule has 0 atom stereocenters. The van der Waals surface area contributed by atoms with Crippen LogP contribution in [-0.2, 0) is 9.73 Å². The van der Waals surface area contributed by atoms with Crippen molar-refractivity contribution in [2.45, 2.75) is 6.92 Å². The zero-order valence-corrected chi connectivity index (χ0v) is 6.23. The van der Waals surface area contributed by atoms with Gasteiger partial charge < -0.3 is 15.3 Å². The Hall–Kier alpha value is -0.730. The van der Waals surface area contributed by atoms with Crippen LogP contribution in [0.4, 0.5) is 0 Å². The maximum absolute atomic E-state index is 9.00. The van der Waals surface area contributed by atoms with Crippen molar-refractivity contribution < 1.29 is 25.1 Å². The third-order valence-electron chi connectivity index (χ3n) is 0.1000. The van der Waals surface area contributed by atoms with E-state index >= 15 is 0 Å². The second-order valence-corrected chi connectivity index (χ2v) is 1.10. The van der Waals surface area contributed by atoms with E-state index in [0.717, 1.165) is 6.92 Å². The second kappa shape index (κ2) is 22.8. The summed E-state index contributed by atoms with van der Waals surface area (Å²) < 4.78 is 0. The van der Waals surface area contributed by atoms with E-state index in [2.05, 4.69) is 16.7 Å². The van der Waals surface area contributed by atoms with E-state index in [1.807, 2.05) is 0 Å². The molecule has 70 valence electrons. The number of aliphatic hydroxyl groups excluding tert-OH is 2. The molecule has 0 aliphatic rings. The molecule has 0 saturated heterocycles. The fourth-order valence-electron chi connectivity index (χ4n) is 0. The van der Waals surface area contributed by atoms with Gasteiger partial charge in [0, 0.05) is 6.92 Å². The topological polar surface area (TPSA) is 139 Å². The summed E-state index contributed by atoms with van der Waals surface area (Å²) in [5, 5.41) is 22.7. The highest BCUT2D eigenvalue weighted by atomic mass is 16.7. The standard InChI is InChI=1S/C2H4O2.C2H6O2.H4N2O/c1-2(3)4;3-1-2-4;1-3-2/h1H3,(H,3,4);3-4H,1-2H2;1-2H2. The molecule has 0 radical (unpaired) electrons. The van der Waals surface area contributed by atoms with Crippen molar-refractivity contribution in [2.24, 2.45) is 11.8 Å². The van der Waals surface area contributed by atoms with Gasteiger partial charge >= 0.3 is 0 Å². The highest BCUT2D eigenvalue weighted by Crippen LogP contribution is 1.42. The molecule has 0 amide bonds. The van der Waals surface area contributed by atoms with Crippen molar-refractivity contribution in [2.75, 3.05) is 13.2 Å². The van der Waals surface area contributed by atoms with Gasteiger partial charge in [0.25, 0.3) is 5.97 Å². The summed E-state index contributed by atoms with van der Waals surface area (Å²) in [7, 11) is 0. The van der Waals surface area contributed by atoms with E-state index in [9.17, 15) is 0 Å². The van der Waals surface area contributed by atoms with Crippen LogP contribution in [0.5, 0.6) is 0 Å². The number of aliphatic carboxylic acids is 1. The molecule has 0 unspecified atom stereocenters. The number of carbonyl (C=O) groups is 1. The molecule has 7 heteroatoms. The smallest absolute Gasteiger partial charge is 0.300 e. The maximum Gasteiger partial charge on any atom is 0.300 e. The molecule has 7 N–H and O–H groups in total. The van der Waals surface area contributed by atoms with Gasteiger partial charge in [0.1, 0.15) is 0 Å². The summed E-state index contributed by atoms with van der Waals surface area (Å²) in [5.74, 6) is 7.42. The van der Waals surface area contributed by atoms with E-state index in [-0.39, 0.29) is 13.2 Å². The maximum atomic E-state index is 9.00. The average Bonchev–Trinajstić information content (AvgIpc) is 1.88. The van der Waals surface area contributed by atoms with Gasteiger partial charge in [0.2, 0.25) is 0 Å². The van der Waals surface area contributed by atoms with Crippen LogP contribution in [0.15, 0.2) is 0 Å². The minimum Gasteiger partial charge on any atom is -0.481 e. The number of nitrogens with two attached hydrogens (primary N) is 2. The summed E-state index contributed by atoms with van der Waals surface area (Å²) in [4.78, 5) is 12.2. The van der Waals surface area contributed by atoms with Crippen LogP contribution in [0.3, 0.4) is 0 Å². The third kappa shape index (κ3) is 6720. The lowest BCUT2D eigenvalue weighted by Crippen LogP contribution is -2.03.